The van der Waals surface area contributed by atoms with Crippen LogP contribution in [0.2, 0.25) is 18.1 Å². The van der Waals surface area contributed by atoms with Crippen LogP contribution in [0, 0.1) is 16.7 Å². The second kappa shape index (κ2) is 18.1. The third-order valence-electron chi connectivity index (χ3n) is 14.1. The quantitative estimate of drug-likeness (QED) is 0.0801. The van der Waals surface area contributed by atoms with Crippen molar-refractivity contribution in [3.05, 3.63) is 82.9 Å². The summed E-state index contributed by atoms with van der Waals surface area (Å²) in [5, 5.41) is 27.4. The van der Waals surface area contributed by atoms with Crippen molar-refractivity contribution in [1.29, 1.82) is 0 Å². The Kier molecular flexibility index (Phi) is 13.8. The van der Waals surface area contributed by atoms with Crippen molar-refractivity contribution < 1.29 is 67.0 Å². The van der Waals surface area contributed by atoms with E-state index in [0.717, 1.165) is 18.1 Å². The van der Waals surface area contributed by atoms with Crippen molar-refractivity contribution in [3.8, 4) is 0 Å². The van der Waals surface area contributed by atoms with Gasteiger partial charge in [0.05, 0.1) is 35.6 Å². The molecule has 3 N–H and O–H groups in total. The maximum Gasteiger partial charge on any atom is 0.408 e. The van der Waals surface area contributed by atoms with Crippen LogP contribution in [0.15, 0.2) is 71.8 Å². The molecule has 0 radical (unpaired) electrons. The highest BCUT2D eigenvalue weighted by Crippen LogP contribution is 2.66. The normalized spacial score (nSPS) is 31.1. The zero-order valence-electron chi connectivity index (χ0n) is 38.9. The van der Waals surface area contributed by atoms with Gasteiger partial charge in [-0.15, -0.1) is 0 Å². The Labute approximate surface area is 376 Å². The first-order valence-corrected chi connectivity index (χ1v) is 24.8. The van der Waals surface area contributed by atoms with Gasteiger partial charge in [0.1, 0.15) is 24.4 Å². The summed E-state index contributed by atoms with van der Waals surface area (Å²) in [6.45, 7) is 18.5. The molecule has 1 aliphatic carbocycles. The van der Waals surface area contributed by atoms with E-state index in [-0.39, 0.29) is 24.2 Å². The van der Waals surface area contributed by atoms with E-state index < -0.39 is 115 Å². The van der Waals surface area contributed by atoms with Gasteiger partial charge >= 0.3 is 24.0 Å². The maximum atomic E-state index is 15.9. The van der Waals surface area contributed by atoms with Gasteiger partial charge in [-0.2, -0.15) is 0 Å². The van der Waals surface area contributed by atoms with Crippen LogP contribution >= 0.6 is 0 Å². The number of carbonyl (C=O) groups excluding carboxylic acids is 5. The summed E-state index contributed by atoms with van der Waals surface area (Å²) in [5.74, 6) is -6.73. The Balaban J connectivity index is 1.45. The van der Waals surface area contributed by atoms with E-state index in [2.05, 4.69) is 26.1 Å². The first-order valence-electron chi connectivity index (χ1n) is 22.2. The van der Waals surface area contributed by atoms with Gasteiger partial charge in [-0.05, 0) is 81.6 Å². The number of hydrogen-bond donors (Lipinski definition) is 3. The lowest BCUT2D eigenvalue weighted by Gasteiger charge is -2.65. The zero-order valence-corrected chi connectivity index (χ0v) is 39.9. The summed E-state index contributed by atoms with van der Waals surface area (Å²) in [4.78, 5) is 69.9. The number of carbonyl (C=O) groups is 5. The fourth-order valence-corrected chi connectivity index (χ4v) is 13.4. The van der Waals surface area contributed by atoms with Gasteiger partial charge in [-0.3, -0.25) is 9.59 Å². The Hall–Kier alpha value is -4.45. The van der Waals surface area contributed by atoms with E-state index in [1.807, 2.05) is 0 Å². The molecule has 0 spiro atoms. The highest BCUT2D eigenvalue weighted by atomic mass is 28.4. The van der Waals surface area contributed by atoms with Crippen LogP contribution in [-0.2, 0) is 47.2 Å². The number of rotatable bonds is 14. The summed E-state index contributed by atoms with van der Waals surface area (Å²) in [5.41, 5.74) is -4.40. The molecule has 3 aliphatic heterocycles. The fourth-order valence-electron chi connectivity index (χ4n) is 10.5. The number of benzene rings is 2. The second-order valence-electron chi connectivity index (χ2n) is 19.4. The summed E-state index contributed by atoms with van der Waals surface area (Å²) in [6, 6.07) is 17.6. The number of Topliss-reactive ketones (excluding diaryl/α,β-unsaturated/α-hetero) is 1. The molecule has 6 rings (SSSR count). The number of aliphatic hydroxyl groups excluding tert-OH is 1. The summed E-state index contributed by atoms with van der Waals surface area (Å²) >= 11 is 0. The second-order valence-corrected chi connectivity index (χ2v) is 24.1. The molecule has 10 atom stereocenters. The minimum atomic E-state index is -2.52. The van der Waals surface area contributed by atoms with Crippen molar-refractivity contribution in [3.63, 3.8) is 0 Å². The Bertz CT molecular complexity index is 2110. The fraction of sp³-hybridized carbons (Fsp3) is 0.604. The molecule has 4 aliphatic rings. The van der Waals surface area contributed by atoms with E-state index in [9.17, 15) is 29.4 Å². The number of aliphatic hydroxyl groups is 2. The lowest BCUT2D eigenvalue weighted by molar-refractivity contribution is -0.355. The first-order chi connectivity index (χ1) is 29.9. The molecule has 2 bridgehead atoms. The highest BCUT2D eigenvalue weighted by molar-refractivity contribution is 6.73. The molecule has 1 amide bonds. The summed E-state index contributed by atoms with van der Waals surface area (Å²) in [6.07, 6.45) is -7.35. The highest BCUT2D eigenvalue weighted by Gasteiger charge is 2.81. The standard InChI is InChI=1S/C48H65NO14Si/c1-12-64(13-2,14-3)63-32-25-33-47(27-58-33,60-29(5)50)38-40(59-41(53)31-23-19-16-20-24-31)48(56)45(9,10)34(37(61-48)39(52)46(32,38)11)28(4)26-57-42(54)36(51)35(30-21-17-15-18-22-30)49-43(55)62-44(6,7)8/h15-24,32-33,35-38,40,51,56H,12-14,25-27H2,1-11H3,(H,49,55)/b34-28-/t32-,33+,35-,36+,37+,38?,40-,46+,47-,48+/m0/s1. The third-order valence-corrected chi connectivity index (χ3v) is 18.7. The van der Waals surface area contributed by atoms with Gasteiger partial charge in [-0.25, -0.2) is 14.4 Å². The van der Waals surface area contributed by atoms with Crippen molar-refractivity contribution in [2.75, 3.05) is 13.2 Å². The molecule has 1 saturated carbocycles. The van der Waals surface area contributed by atoms with Crippen LogP contribution < -0.4 is 5.32 Å². The zero-order chi connectivity index (χ0) is 47.2. The van der Waals surface area contributed by atoms with E-state index in [1.165, 1.54) is 6.92 Å². The Morgan fingerprint density at radius 1 is 0.938 bits per heavy atom. The molecule has 16 heteroatoms. The molecule has 1 unspecified atom stereocenters. The van der Waals surface area contributed by atoms with E-state index in [0.29, 0.717) is 11.1 Å². The molecular formula is C48H65NO14Si. The number of alkyl carbamates (subject to hydrolysis) is 1. The number of fused-ring (bicyclic) bond motifs is 5. The van der Waals surface area contributed by atoms with Crippen LogP contribution in [-0.4, -0.2) is 109 Å². The molecule has 4 fully saturated rings. The van der Waals surface area contributed by atoms with Crippen LogP contribution in [0.4, 0.5) is 4.79 Å². The Morgan fingerprint density at radius 3 is 2.06 bits per heavy atom. The van der Waals surface area contributed by atoms with Crippen LogP contribution in [0.3, 0.4) is 0 Å². The number of amides is 1. The molecule has 2 aromatic carbocycles. The van der Waals surface area contributed by atoms with E-state index >= 15 is 4.79 Å². The van der Waals surface area contributed by atoms with Gasteiger partial charge in [0.15, 0.2) is 31.9 Å². The van der Waals surface area contributed by atoms with Gasteiger partial charge < -0.3 is 48.4 Å². The smallest absolute Gasteiger partial charge is 0.408 e. The van der Waals surface area contributed by atoms with Crippen molar-refractivity contribution in [1.82, 2.24) is 5.32 Å². The van der Waals surface area contributed by atoms with E-state index in [1.54, 1.807) is 109 Å². The third kappa shape index (κ3) is 8.57. The minimum Gasteiger partial charge on any atom is -0.459 e. The monoisotopic (exact) mass is 907 g/mol. The average molecular weight is 908 g/mol. The summed E-state index contributed by atoms with van der Waals surface area (Å²) in [7, 11) is -2.52. The van der Waals surface area contributed by atoms with Gasteiger partial charge in [0.2, 0.25) is 5.79 Å². The molecule has 15 nitrogen and oxygen atoms in total. The number of esters is 3. The molecule has 64 heavy (non-hydrogen) atoms. The maximum absolute atomic E-state index is 15.9. The van der Waals surface area contributed by atoms with Crippen molar-refractivity contribution in [2.24, 2.45) is 16.7 Å². The lowest BCUT2D eigenvalue weighted by atomic mass is 9.49. The first kappa shape index (κ1) is 49.0. The molecule has 3 saturated heterocycles. The number of ether oxygens (including phenoxy) is 6. The largest absolute Gasteiger partial charge is 0.459 e. The molecule has 0 aromatic heterocycles. The summed E-state index contributed by atoms with van der Waals surface area (Å²) < 4.78 is 43.9. The van der Waals surface area contributed by atoms with Crippen LogP contribution in [0.25, 0.3) is 0 Å². The van der Waals surface area contributed by atoms with E-state index in [4.69, 9.17) is 32.8 Å². The van der Waals surface area contributed by atoms with Gasteiger partial charge in [0.25, 0.3) is 0 Å². The number of nitrogens with one attached hydrogen (secondary N) is 1. The van der Waals surface area contributed by atoms with Crippen LogP contribution in [0.5, 0.6) is 0 Å². The predicted octanol–water partition coefficient (Wildman–Crippen LogP) is 6.51. The molecule has 3 heterocycles. The number of ketones is 1. The van der Waals surface area contributed by atoms with Crippen molar-refractivity contribution >= 4 is 38.1 Å². The SMILES string of the molecule is CC[Si](CC)(CC)O[C@H]1C[C@H]2OC[C@@]2(OC(C)=O)C2[C@H](OC(=O)c3ccccc3)[C@@]3(O)O[C@@H](C(=O)[C@@]21C)/C(=C(\C)COC(=O)[C@H](O)[C@@H](NC(=O)OC(C)(C)C)c1ccccc1)C3(C)C. The Morgan fingerprint density at radius 2 is 1.53 bits per heavy atom. The van der Waals surface area contributed by atoms with Gasteiger partial charge in [0, 0.05) is 18.8 Å². The lowest BCUT2D eigenvalue weighted by Crippen LogP contribution is -2.80. The molecule has 350 valence electrons. The van der Waals surface area contributed by atoms with Crippen molar-refractivity contribution in [2.45, 2.75) is 154 Å². The minimum absolute atomic E-state index is 0.136. The molecule has 2 aromatic rings. The predicted molar refractivity (Wildman–Crippen MR) is 235 cm³/mol. The topological polar surface area (TPSA) is 202 Å². The van der Waals surface area contributed by atoms with Crippen LogP contribution in [0.1, 0.15) is 105 Å². The molecular weight excluding hydrogens is 843 g/mol. The number of hydrogen-bond acceptors (Lipinski definition) is 14. The average Bonchev–Trinajstić information content (AvgIpc) is 3.43. The van der Waals surface area contributed by atoms with Gasteiger partial charge in [-0.1, -0.05) is 83.1 Å².